The predicted octanol–water partition coefficient (Wildman–Crippen LogP) is 4.04. The number of halogens is 1. The van der Waals surface area contributed by atoms with E-state index in [1.807, 2.05) is 18.4 Å². The SMILES string of the molecule is CC1(C)O[C@@H]2[C@H](O1)[C@@H](C#Cc1ccccc1F)O[C@H]2n1cnc2c(NCC3CCCC3)ncnc21. The quantitative estimate of drug-likeness (QED) is 0.568. The standard InChI is InChI=1S/C26H28FN5O3/c1-26(2)34-21-19(12-11-17-9-5-6-10-18(17)27)33-25(22(21)35-26)32-15-31-20-23(29-14-30-24(20)32)28-13-16-7-3-4-8-16/h5-6,9-10,14-16,19,21-22,25H,3-4,7-8,13H2,1-2H3,(H,28,29,30)/t19-,21-,22-,25-/m1/s1. The van der Waals surface area contributed by atoms with E-state index < -0.39 is 30.3 Å². The molecule has 2 saturated heterocycles. The Balaban J connectivity index is 1.29. The first-order valence-corrected chi connectivity index (χ1v) is 12.2. The van der Waals surface area contributed by atoms with Gasteiger partial charge in [-0.3, -0.25) is 4.57 Å². The van der Waals surface area contributed by atoms with Gasteiger partial charge in [0.25, 0.3) is 0 Å². The molecule has 0 radical (unpaired) electrons. The minimum absolute atomic E-state index is 0.313. The molecule has 3 aliphatic rings. The number of anilines is 1. The fourth-order valence-corrected chi connectivity index (χ4v) is 5.25. The zero-order valence-electron chi connectivity index (χ0n) is 19.8. The van der Waals surface area contributed by atoms with E-state index in [0.717, 1.165) is 12.4 Å². The minimum Gasteiger partial charge on any atom is -0.368 e. The summed E-state index contributed by atoms with van der Waals surface area (Å²) in [4.78, 5) is 13.5. The van der Waals surface area contributed by atoms with Crippen molar-refractivity contribution in [2.24, 2.45) is 5.92 Å². The second kappa shape index (κ2) is 8.86. The summed E-state index contributed by atoms with van der Waals surface area (Å²) in [5, 5.41) is 3.46. The highest BCUT2D eigenvalue weighted by Gasteiger charge is 2.56. The molecule has 3 aromatic rings. The lowest BCUT2D eigenvalue weighted by Gasteiger charge is -2.23. The van der Waals surface area contributed by atoms with E-state index in [1.165, 1.54) is 38.1 Å². The van der Waals surface area contributed by atoms with Gasteiger partial charge in [-0.15, -0.1) is 0 Å². The molecule has 35 heavy (non-hydrogen) atoms. The van der Waals surface area contributed by atoms with Gasteiger partial charge in [0.2, 0.25) is 0 Å². The molecule has 1 aromatic carbocycles. The largest absolute Gasteiger partial charge is 0.368 e. The molecule has 2 aromatic heterocycles. The van der Waals surface area contributed by atoms with Gasteiger partial charge >= 0.3 is 0 Å². The van der Waals surface area contributed by atoms with Crippen molar-refractivity contribution in [2.75, 3.05) is 11.9 Å². The highest BCUT2D eigenvalue weighted by molar-refractivity contribution is 5.82. The Hall–Kier alpha value is -3.06. The van der Waals surface area contributed by atoms with E-state index in [0.29, 0.717) is 22.6 Å². The first-order valence-electron chi connectivity index (χ1n) is 12.2. The summed E-state index contributed by atoms with van der Waals surface area (Å²) >= 11 is 0. The van der Waals surface area contributed by atoms with Crippen LogP contribution in [-0.4, -0.2) is 50.2 Å². The maximum absolute atomic E-state index is 14.1. The summed E-state index contributed by atoms with van der Waals surface area (Å²) in [5.41, 5.74) is 1.64. The Morgan fingerprint density at radius 3 is 2.74 bits per heavy atom. The number of hydrogen-bond acceptors (Lipinski definition) is 7. The fraction of sp³-hybridized carbons (Fsp3) is 0.500. The van der Waals surface area contributed by atoms with E-state index in [2.05, 4.69) is 32.1 Å². The molecule has 0 unspecified atom stereocenters. The molecule has 0 spiro atoms. The number of nitrogens with one attached hydrogen (secondary N) is 1. The van der Waals surface area contributed by atoms with E-state index in [9.17, 15) is 4.39 Å². The van der Waals surface area contributed by atoms with Gasteiger partial charge in [-0.2, -0.15) is 0 Å². The summed E-state index contributed by atoms with van der Waals surface area (Å²) in [6, 6.07) is 6.42. The molecule has 2 aliphatic heterocycles. The van der Waals surface area contributed by atoms with Crippen molar-refractivity contribution in [3.8, 4) is 11.8 Å². The molecule has 1 aliphatic carbocycles. The average molecular weight is 478 g/mol. The molecule has 1 saturated carbocycles. The zero-order chi connectivity index (χ0) is 24.0. The van der Waals surface area contributed by atoms with Crippen LogP contribution in [0.25, 0.3) is 11.2 Å². The summed E-state index contributed by atoms with van der Waals surface area (Å²) in [6.45, 7) is 4.61. The highest BCUT2D eigenvalue weighted by atomic mass is 19.1. The molecule has 1 N–H and O–H groups in total. The normalized spacial score (nSPS) is 27.6. The number of aromatic nitrogens is 4. The van der Waals surface area contributed by atoms with Crippen LogP contribution in [0.15, 0.2) is 36.9 Å². The number of hydrogen-bond donors (Lipinski definition) is 1. The van der Waals surface area contributed by atoms with E-state index >= 15 is 0 Å². The monoisotopic (exact) mass is 477 g/mol. The minimum atomic E-state index is -0.797. The van der Waals surface area contributed by atoms with Crippen LogP contribution < -0.4 is 5.32 Å². The molecule has 0 amide bonds. The van der Waals surface area contributed by atoms with Crippen LogP contribution in [0.2, 0.25) is 0 Å². The van der Waals surface area contributed by atoms with Crippen LogP contribution in [0.1, 0.15) is 51.3 Å². The lowest BCUT2D eigenvalue weighted by atomic mass is 10.1. The molecule has 182 valence electrons. The average Bonchev–Trinajstić information content (AvgIpc) is 3.61. The molecule has 0 bridgehead atoms. The summed E-state index contributed by atoms with van der Waals surface area (Å²) in [6.07, 6.45) is 6.30. The van der Waals surface area contributed by atoms with Gasteiger partial charge in [0.05, 0.1) is 11.9 Å². The first kappa shape index (κ1) is 22.4. The summed E-state index contributed by atoms with van der Waals surface area (Å²) in [5.74, 6) is 6.18. The third-order valence-electron chi connectivity index (χ3n) is 6.92. The van der Waals surface area contributed by atoms with E-state index in [4.69, 9.17) is 14.2 Å². The van der Waals surface area contributed by atoms with Crippen molar-refractivity contribution < 1.29 is 18.6 Å². The van der Waals surface area contributed by atoms with Crippen molar-refractivity contribution in [1.82, 2.24) is 19.5 Å². The van der Waals surface area contributed by atoms with E-state index in [1.54, 1.807) is 24.5 Å². The Bertz CT molecular complexity index is 1290. The Morgan fingerprint density at radius 2 is 1.91 bits per heavy atom. The number of fused-ring (bicyclic) bond motifs is 2. The third kappa shape index (κ3) is 4.27. The lowest BCUT2D eigenvalue weighted by Crippen LogP contribution is -2.28. The summed E-state index contributed by atoms with van der Waals surface area (Å²) < 4.78 is 34.6. The molecule has 8 nitrogen and oxygen atoms in total. The van der Waals surface area contributed by atoms with Gasteiger partial charge in [0.1, 0.15) is 30.5 Å². The van der Waals surface area contributed by atoms with Crippen molar-refractivity contribution in [3.63, 3.8) is 0 Å². The van der Waals surface area contributed by atoms with Crippen LogP contribution in [0.5, 0.6) is 0 Å². The van der Waals surface area contributed by atoms with Gasteiger partial charge in [0, 0.05) is 6.54 Å². The topological polar surface area (TPSA) is 83.3 Å². The van der Waals surface area contributed by atoms with Crippen molar-refractivity contribution in [3.05, 3.63) is 48.3 Å². The maximum atomic E-state index is 14.1. The smallest absolute Gasteiger partial charge is 0.167 e. The van der Waals surface area contributed by atoms with Crippen LogP contribution in [0.4, 0.5) is 10.2 Å². The van der Waals surface area contributed by atoms with Gasteiger partial charge in [-0.25, -0.2) is 19.3 Å². The first-order chi connectivity index (χ1) is 17.0. The molecular formula is C26H28FN5O3. The number of ether oxygens (including phenoxy) is 3. The maximum Gasteiger partial charge on any atom is 0.167 e. The molecular weight excluding hydrogens is 449 g/mol. The van der Waals surface area contributed by atoms with E-state index in [-0.39, 0.29) is 5.82 Å². The van der Waals surface area contributed by atoms with Crippen molar-refractivity contribution in [2.45, 2.75) is 69.9 Å². The number of rotatable bonds is 4. The van der Waals surface area contributed by atoms with Crippen LogP contribution in [-0.2, 0) is 14.2 Å². The van der Waals surface area contributed by atoms with Crippen molar-refractivity contribution >= 4 is 17.0 Å². The summed E-state index contributed by atoms with van der Waals surface area (Å²) in [7, 11) is 0. The van der Waals surface area contributed by atoms with Crippen molar-refractivity contribution in [1.29, 1.82) is 0 Å². The molecule has 4 atom stereocenters. The second-order valence-corrected chi connectivity index (χ2v) is 9.84. The van der Waals surface area contributed by atoms with Crippen LogP contribution >= 0.6 is 0 Å². The number of benzene rings is 1. The number of imidazole rings is 1. The molecule has 4 heterocycles. The Kier molecular flexibility index (Phi) is 5.67. The van der Waals surface area contributed by atoms with Gasteiger partial charge < -0.3 is 19.5 Å². The Morgan fingerprint density at radius 1 is 1.11 bits per heavy atom. The lowest BCUT2D eigenvalue weighted by molar-refractivity contribution is -0.190. The molecule has 6 rings (SSSR count). The van der Waals surface area contributed by atoms with Crippen LogP contribution in [0, 0.1) is 23.6 Å². The fourth-order valence-electron chi connectivity index (χ4n) is 5.25. The Labute approximate surface area is 203 Å². The van der Waals surface area contributed by atoms with Crippen LogP contribution in [0.3, 0.4) is 0 Å². The zero-order valence-corrected chi connectivity index (χ0v) is 19.8. The van der Waals surface area contributed by atoms with Gasteiger partial charge in [-0.1, -0.05) is 36.8 Å². The van der Waals surface area contributed by atoms with Gasteiger partial charge in [-0.05, 0) is 44.7 Å². The predicted molar refractivity (Wildman–Crippen MR) is 127 cm³/mol. The highest BCUT2D eigenvalue weighted by Crippen LogP contribution is 2.43. The molecule has 3 fully saturated rings. The van der Waals surface area contributed by atoms with Gasteiger partial charge in [0.15, 0.2) is 29.0 Å². The third-order valence-corrected chi connectivity index (χ3v) is 6.92. The molecule has 9 heteroatoms. The number of nitrogens with zero attached hydrogens (tertiary/aromatic N) is 4. The second-order valence-electron chi connectivity index (χ2n) is 9.84.